The summed E-state index contributed by atoms with van der Waals surface area (Å²) < 4.78 is 11.0. The fourth-order valence-corrected chi connectivity index (χ4v) is 2.45. The minimum absolute atomic E-state index is 0.125. The first kappa shape index (κ1) is 14.8. The highest BCUT2D eigenvalue weighted by molar-refractivity contribution is 5.66. The van der Waals surface area contributed by atoms with E-state index >= 15 is 0 Å². The Bertz CT molecular complexity index is 422. The van der Waals surface area contributed by atoms with E-state index in [0.717, 1.165) is 12.8 Å². The summed E-state index contributed by atoms with van der Waals surface area (Å²) in [5.74, 6) is 1.09. The summed E-state index contributed by atoms with van der Waals surface area (Å²) in [6, 6.07) is 0.125. The van der Waals surface area contributed by atoms with Crippen LogP contribution in [0.25, 0.3) is 0 Å². The highest BCUT2D eigenvalue weighted by Gasteiger charge is 2.18. The SMILES string of the molecule is COCC(C)Nc1ncnc(OC2CCCCC2)c1N. The molecule has 20 heavy (non-hydrogen) atoms. The summed E-state index contributed by atoms with van der Waals surface area (Å²) in [6.45, 7) is 2.59. The fourth-order valence-electron chi connectivity index (χ4n) is 2.45. The molecule has 1 atom stereocenters. The van der Waals surface area contributed by atoms with Gasteiger partial charge in [0.2, 0.25) is 5.88 Å². The van der Waals surface area contributed by atoms with E-state index in [1.807, 2.05) is 6.92 Å². The molecule has 2 rings (SSSR count). The first-order valence-electron chi connectivity index (χ1n) is 7.23. The predicted molar refractivity (Wildman–Crippen MR) is 78.9 cm³/mol. The largest absolute Gasteiger partial charge is 0.473 e. The van der Waals surface area contributed by atoms with Crippen LogP contribution in [0.1, 0.15) is 39.0 Å². The van der Waals surface area contributed by atoms with Gasteiger partial charge in [0, 0.05) is 13.2 Å². The van der Waals surface area contributed by atoms with Gasteiger partial charge in [0.25, 0.3) is 0 Å². The molecule has 3 N–H and O–H groups in total. The number of methoxy groups -OCH3 is 1. The topological polar surface area (TPSA) is 82.3 Å². The van der Waals surface area contributed by atoms with Crippen LogP contribution in [0, 0.1) is 0 Å². The molecular formula is C14H24N4O2. The minimum atomic E-state index is 0.125. The number of rotatable bonds is 6. The average Bonchev–Trinajstić information content (AvgIpc) is 2.45. The van der Waals surface area contributed by atoms with Crippen molar-refractivity contribution in [3.8, 4) is 5.88 Å². The zero-order valence-corrected chi connectivity index (χ0v) is 12.3. The lowest BCUT2D eigenvalue weighted by Gasteiger charge is -2.23. The lowest BCUT2D eigenvalue weighted by molar-refractivity contribution is 0.149. The smallest absolute Gasteiger partial charge is 0.242 e. The van der Waals surface area contributed by atoms with E-state index < -0.39 is 0 Å². The van der Waals surface area contributed by atoms with Crippen LogP contribution in [0.3, 0.4) is 0 Å². The lowest BCUT2D eigenvalue weighted by Crippen LogP contribution is -2.24. The fraction of sp³-hybridized carbons (Fsp3) is 0.714. The van der Waals surface area contributed by atoms with Gasteiger partial charge in [-0.3, -0.25) is 0 Å². The van der Waals surface area contributed by atoms with Gasteiger partial charge in [-0.15, -0.1) is 0 Å². The molecule has 0 amide bonds. The van der Waals surface area contributed by atoms with Crippen molar-refractivity contribution >= 4 is 11.5 Å². The molecule has 112 valence electrons. The van der Waals surface area contributed by atoms with Gasteiger partial charge in [-0.05, 0) is 32.6 Å². The maximum atomic E-state index is 6.09. The predicted octanol–water partition coefficient (Wildman–Crippen LogP) is 2.22. The van der Waals surface area contributed by atoms with E-state index in [9.17, 15) is 0 Å². The molecule has 0 aromatic carbocycles. The third-order valence-electron chi connectivity index (χ3n) is 3.48. The van der Waals surface area contributed by atoms with Crippen LogP contribution in [0.5, 0.6) is 5.88 Å². The van der Waals surface area contributed by atoms with Crippen molar-refractivity contribution < 1.29 is 9.47 Å². The first-order valence-corrected chi connectivity index (χ1v) is 7.23. The molecule has 0 bridgehead atoms. The van der Waals surface area contributed by atoms with Crippen molar-refractivity contribution in [2.45, 2.75) is 51.2 Å². The number of aromatic nitrogens is 2. The van der Waals surface area contributed by atoms with E-state index in [1.54, 1.807) is 7.11 Å². The van der Waals surface area contributed by atoms with Gasteiger partial charge in [0.15, 0.2) is 5.82 Å². The molecule has 1 unspecified atom stereocenters. The molecule has 1 aliphatic rings. The van der Waals surface area contributed by atoms with Crippen LogP contribution in [-0.4, -0.2) is 35.8 Å². The zero-order chi connectivity index (χ0) is 14.4. The van der Waals surface area contributed by atoms with Crippen molar-refractivity contribution in [2.24, 2.45) is 0 Å². The molecule has 6 heteroatoms. The number of anilines is 2. The van der Waals surface area contributed by atoms with Gasteiger partial charge < -0.3 is 20.5 Å². The normalized spacial score (nSPS) is 17.7. The van der Waals surface area contributed by atoms with Crippen LogP contribution >= 0.6 is 0 Å². The van der Waals surface area contributed by atoms with Gasteiger partial charge >= 0.3 is 0 Å². The summed E-state index contributed by atoms with van der Waals surface area (Å²) >= 11 is 0. The molecular weight excluding hydrogens is 256 g/mol. The molecule has 0 aliphatic heterocycles. The summed E-state index contributed by atoms with van der Waals surface area (Å²) in [6.07, 6.45) is 7.58. The molecule has 0 radical (unpaired) electrons. The molecule has 0 saturated heterocycles. The molecule has 6 nitrogen and oxygen atoms in total. The van der Waals surface area contributed by atoms with Crippen LogP contribution in [0.15, 0.2) is 6.33 Å². The van der Waals surface area contributed by atoms with E-state index in [0.29, 0.717) is 24.0 Å². The molecule has 0 spiro atoms. The Morgan fingerprint density at radius 1 is 1.35 bits per heavy atom. The third-order valence-corrected chi connectivity index (χ3v) is 3.48. The number of nitrogens with zero attached hydrogens (tertiary/aromatic N) is 2. The maximum Gasteiger partial charge on any atom is 0.242 e. The van der Waals surface area contributed by atoms with Crippen LogP contribution in [0.2, 0.25) is 0 Å². The number of ether oxygens (including phenoxy) is 2. The lowest BCUT2D eigenvalue weighted by atomic mass is 9.98. The van der Waals surface area contributed by atoms with Crippen LogP contribution < -0.4 is 15.8 Å². The Morgan fingerprint density at radius 2 is 2.10 bits per heavy atom. The first-order chi connectivity index (χ1) is 9.70. The van der Waals surface area contributed by atoms with Gasteiger partial charge in [-0.2, -0.15) is 4.98 Å². The van der Waals surface area contributed by atoms with E-state index in [2.05, 4.69) is 15.3 Å². The Labute approximate surface area is 120 Å². The Kier molecular flexibility index (Phi) is 5.40. The third kappa shape index (κ3) is 3.96. The standard InChI is InChI=1S/C14H24N4O2/c1-10(8-19-2)18-13-12(15)14(17-9-16-13)20-11-6-4-3-5-7-11/h9-11H,3-8,15H2,1-2H3,(H,16,17,18). The maximum absolute atomic E-state index is 6.09. The molecule has 1 aromatic rings. The summed E-state index contributed by atoms with van der Waals surface area (Å²) in [7, 11) is 1.67. The molecule has 1 aromatic heterocycles. The van der Waals surface area contributed by atoms with E-state index in [1.165, 1.54) is 25.6 Å². The Balaban J connectivity index is 2.02. The molecule has 1 fully saturated rings. The second-order valence-electron chi connectivity index (χ2n) is 5.32. The van der Waals surface area contributed by atoms with Crippen molar-refractivity contribution in [1.29, 1.82) is 0 Å². The van der Waals surface area contributed by atoms with E-state index in [-0.39, 0.29) is 12.1 Å². The zero-order valence-electron chi connectivity index (χ0n) is 12.3. The number of hydrogen-bond donors (Lipinski definition) is 2. The molecule has 1 aliphatic carbocycles. The highest BCUT2D eigenvalue weighted by Crippen LogP contribution is 2.29. The average molecular weight is 280 g/mol. The van der Waals surface area contributed by atoms with Gasteiger partial charge in [0.05, 0.1) is 6.61 Å². The quantitative estimate of drug-likeness (QED) is 0.831. The van der Waals surface area contributed by atoms with Crippen LogP contribution in [0.4, 0.5) is 11.5 Å². The van der Waals surface area contributed by atoms with Crippen LogP contribution in [-0.2, 0) is 4.74 Å². The number of nitrogens with one attached hydrogen (secondary N) is 1. The van der Waals surface area contributed by atoms with E-state index in [4.69, 9.17) is 15.2 Å². The van der Waals surface area contributed by atoms with Crippen molar-refractivity contribution in [3.05, 3.63) is 6.33 Å². The number of nitrogen functional groups attached to an aromatic ring is 1. The van der Waals surface area contributed by atoms with Crippen molar-refractivity contribution in [1.82, 2.24) is 9.97 Å². The minimum Gasteiger partial charge on any atom is -0.473 e. The highest BCUT2D eigenvalue weighted by atomic mass is 16.5. The molecule has 1 heterocycles. The second kappa shape index (κ2) is 7.28. The number of hydrogen-bond acceptors (Lipinski definition) is 6. The monoisotopic (exact) mass is 280 g/mol. The molecule has 1 saturated carbocycles. The Morgan fingerprint density at radius 3 is 2.80 bits per heavy atom. The summed E-state index contributed by atoms with van der Waals surface area (Å²) in [5.41, 5.74) is 6.56. The summed E-state index contributed by atoms with van der Waals surface area (Å²) in [4.78, 5) is 8.33. The second-order valence-corrected chi connectivity index (χ2v) is 5.32. The van der Waals surface area contributed by atoms with Gasteiger partial charge in [-0.1, -0.05) is 6.42 Å². The van der Waals surface area contributed by atoms with Crippen molar-refractivity contribution in [2.75, 3.05) is 24.8 Å². The Hall–Kier alpha value is -1.56. The summed E-state index contributed by atoms with van der Waals surface area (Å²) in [5, 5.41) is 3.21. The van der Waals surface area contributed by atoms with Crippen molar-refractivity contribution in [3.63, 3.8) is 0 Å². The van der Waals surface area contributed by atoms with Gasteiger partial charge in [0.1, 0.15) is 18.1 Å². The number of nitrogens with two attached hydrogens (primary N) is 1. The van der Waals surface area contributed by atoms with Gasteiger partial charge in [-0.25, -0.2) is 4.98 Å².